The minimum Gasteiger partial charge on any atom is -0.508 e. The lowest BCUT2D eigenvalue weighted by Crippen LogP contribution is -2.14. The highest BCUT2D eigenvalue weighted by molar-refractivity contribution is 7.92. The van der Waals surface area contributed by atoms with E-state index in [4.69, 9.17) is 17.3 Å². The quantitative estimate of drug-likeness (QED) is 0.599. The Balaban J connectivity index is 2.36. The molecule has 19 heavy (non-hydrogen) atoms. The van der Waals surface area contributed by atoms with E-state index in [0.717, 1.165) is 0 Å². The Labute approximate surface area is 115 Å². The van der Waals surface area contributed by atoms with E-state index in [2.05, 4.69) is 4.72 Å². The van der Waals surface area contributed by atoms with Crippen LogP contribution >= 0.6 is 11.6 Å². The summed E-state index contributed by atoms with van der Waals surface area (Å²) in [6.07, 6.45) is 0. The number of anilines is 2. The zero-order chi connectivity index (χ0) is 14.0. The van der Waals surface area contributed by atoms with E-state index in [-0.39, 0.29) is 22.0 Å². The Morgan fingerprint density at radius 3 is 2.53 bits per heavy atom. The highest BCUT2D eigenvalue weighted by Gasteiger charge is 2.15. The maximum atomic E-state index is 12.1. The van der Waals surface area contributed by atoms with E-state index in [1.165, 1.54) is 36.4 Å². The first-order valence-corrected chi connectivity index (χ1v) is 7.11. The molecule has 0 aliphatic carbocycles. The summed E-state index contributed by atoms with van der Waals surface area (Å²) in [6, 6.07) is 9.85. The molecule has 4 N–H and O–H groups in total. The summed E-state index contributed by atoms with van der Waals surface area (Å²) in [6.45, 7) is 0. The number of phenolic OH excluding ortho intramolecular Hbond substituents is 1. The van der Waals surface area contributed by atoms with Crippen molar-refractivity contribution in [2.24, 2.45) is 0 Å². The molecule has 0 unspecified atom stereocenters. The number of hydrogen-bond acceptors (Lipinski definition) is 4. The molecular weight excluding hydrogens is 288 g/mol. The van der Waals surface area contributed by atoms with Gasteiger partial charge in [0.15, 0.2) is 0 Å². The number of phenols is 1. The van der Waals surface area contributed by atoms with Crippen LogP contribution in [0.2, 0.25) is 5.02 Å². The molecule has 0 aromatic heterocycles. The van der Waals surface area contributed by atoms with Gasteiger partial charge >= 0.3 is 0 Å². The van der Waals surface area contributed by atoms with Crippen molar-refractivity contribution >= 4 is 33.0 Å². The van der Waals surface area contributed by atoms with Crippen LogP contribution in [0.4, 0.5) is 11.4 Å². The molecule has 2 aromatic carbocycles. The van der Waals surface area contributed by atoms with Crippen molar-refractivity contribution < 1.29 is 13.5 Å². The Morgan fingerprint density at radius 1 is 1.16 bits per heavy atom. The van der Waals surface area contributed by atoms with Crippen molar-refractivity contribution in [2.75, 3.05) is 10.5 Å². The molecule has 0 aliphatic heterocycles. The molecule has 0 saturated carbocycles. The first kappa shape index (κ1) is 13.5. The van der Waals surface area contributed by atoms with E-state index in [1.807, 2.05) is 0 Å². The number of benzene rings is 2. The second-order valence-electron chi connectivity index (χ2n) is 3.83. The van der Waals surface area contributed by atoms with Crippen LogP contribution in [-0.2, 0) is 10.0 Å². The molecule has 0 saturated heterocycles. The van der Waals surface area contributed by atoms with E-state index in [0.29, 0.717) is 5.02 Å². The van der Waals surface area contributed by atoms with Crippen molar-refractivity contribution in [3.8, 4) is 5.75 Å². The van der Waals surface area contributed by atoms with Crippen molar-refractivity contribution in [1.82, 2.24) is 0 Å². The lowest BCUT2D eigenvalue weighted by atomic mass is 10.2. The summed E-state index contributed by atoms with van der Waals surface area (Å²) < 4.78 is 26.5. The van der Waals surface area contributed by atoms with Crippen molar-refractivity contribution in [3.63, 3.8) is 0 Å². The molecular formula is C12H11ClN2O3S. The first-order chi connectivity index (χ1) is 8.88. The lowest BCUT2D eigenvalue weighted by molar-refractivity contribution is 0.475. The van der Waals surface area contributed by atoms with Gasteiger partial charge in [-0.1, -0.05) is 17.7 Å². The van der Waals surface area contributed by atoms with Gasteiger partial charge in [0.1, 0.15) is 5.75 Å². The third kappa shape index (κ3) is 3.10. The van der Waals surface area contributed by atoms with Gasteiger partial charge in [0.2, 0.25) is 0 Å². The number of nitrogens with two attached hydrogens (primary N) is 1. The van der Waals surface area contributed by atoms with Gasteiger partial charge in [-0.2, -0.15) is 0 Å². The monoisotopic (exact) mass is 298 g/mol. The molecule has 0 fully saturated rings. The molecule has 2 rings (SSSR count). The van der Waals surface area contributed by atoms with Crippen LogP contribution < -0.4 is 10.5 Å². The molecule has 0 atom stereocenters. The zero-order valence-electron chi connectivity index (χ0n) is 9.67. The van der Waals surface area contributed by atoms with Gasteiger partial charge in [0, 0.05) is 11.1 Å². The van der Waals surface area contributed by atoms with Gasteiger partial charge in [-0.25, -0.2) is 8.42 Å². The summed E-state index contributed by atoms with van der Waals surface area (Å²) in [7, 11) is -3.77. The van der Waals surface area contributed by atoms with Crippen LogP contribution in [0, 0.1) is 0 Å². The lowest BCUT2D eigenvalue weighted by Gasteiger charge is -2.10. The molecule has 0 radical (unpaired) electrons. The topological polar surface area (TPSA) is 92.4 Å². The van der Waals surface area contributed by atoms with Crippen LogP contribution in [0.15, 0.2) is 47.4 Å². The second-order valence-corrected chi connectivity index (χ2v) is 5.95. The molecule has 0 amide bonds. The third-order valence-electron chi connectivity index (χ3n) is 2.39. The highest BCUT2D eigenvalue weighted by Crippen LogP contribution is 2.26. The number of nitrogens with one attached hydrogen (secondary N) is 1. The predicted octanol–water partition coefficient (Wildman–Crippen LogP) is 2.43. The number of rotatable bonds is 3. The summed E-state index contributed by atoms with van der Waals surface area (Å²) in [5.74, 6) is -0.0387. The fourth-order valence-corrected chi connectivity index (χ4v) is 2.87. The van der Waals surface area contributed by atoms with Crippen LogP contribution in [0.25, 0.3) is 0 Å². The Morgan fingerprint density at radius 2 is 1.89 bits per heavy atom. The Kier molecular flexibility index (Phi) is 3.55. The van der Waals surface area contributed by atoms with E-state index in [9.17, 15) is 13.5 Å². The maximum Gasteiger partial charge on any atom is 0.262 e. The van der Waals surface area contributed by atoms with Crippen LogP contribution in [-0.4, -0.2) is 13.5 Å². The average molecular weight is 299 g/mol. The van der Waals surface area contributed by atoms with Crippen molar-refractivity contribution in [1.29, 1.82) is 0 Å². The molecule has 2 aromatic rings. The standard InChI is InChI=1S/C12H11ClN2O3S/c13-8-2-1-3-10(6-8)19(17,18)15-12-5-4-9(16)7-11(12)14/h1-7,15-16H,14H2. The van der Waals surface area contributed by atoms with Gasteiger partial charge in [0.25, 0.3) is 10.0 Å². The van der Waals surface area contributed by atoms with Crippen LogP contribution in [0.3, 0.4) is 0 Å². The number of halogens is 1. The van der Waals surface area contributed by atoms with Gasteiger partial charge < -0.3 is 10.8 Å². The number of nitrogen functional groups attached to an aromatic ring is 1. The molecule has 7 heteroatoms. The fourth-order valence-electron chi connectivity index (χ4n) is 1.48. The van der Waals surface area contributed by atoms with Gasteiger partial charge in [-0.15, -0.1) is 0 Å². The second kappa shape index (κ2) is 4.99. The molecule has 0 aliphatic rings. The SMILES string of the molecule is Nc1cc(O)ccc1NS(=O)(=O)c1cccc(Cl)c1. The first-order valence-electron chi connectivity index (χ1n) is 5.25. The van der Waals surface area contributed by atoms with E-state index in [1.54, 1.807) is 6.07 Å². The molecule has 0 spiro atoms. The minimum absolute atomic E-state index is 0.0347. The van der Waals surface area contributed by atoms with Crippen molar-refractivity contribution in [2.45, 2.75) is 4.90 Å². The van der Waals surface area contributed by atoms with Crippen molar-refractivity contribution in [3.05, 3.63) is 47.5 Å². The van der Waals surface area contributed by atoms with E-state index < -0.39 is 10.0 Å². The summed E-state index contributed by atoms with van der Waals surface area (Å²) in [5.41, 5.74) is 5.95. The summed E-state index contributed by atoms with van der Waals surface area (Å²) >= 11 is 5.76. The van der Waals surface area contributed by atoms with Crippen LogP contribution in [0.1, 0.15) is 0 Å². The number of aromatic hydroxyl groups is 1. The van der Waals surface area contributed by atoms with E-state index >= 15 is 0 Å². The minimum atomic E-state index is -3.77. The summed E-state index contributed by atoms with van der Waals surface area (Å²) in [5, 5.41) is 9.54. The normalized spacial score (nSPS) is 11.2. The van der Waals surface area contributed by atoms with Crippen LogP contribution in [0.5, 0.6) is 5.75 Å². The molecule has 0 bridgehead atoms. The van der Waals surface area contributed by atoms with Gasteiger partial charge in [-0.3, -0.25) is 4.72 Å². The highest BCUT2D eigenvalue weighted by atomic mass is 35.5. The maximum absolute atomic E-state index is 12.1. The molecule has 5 nitrogen and oxygen atoms in total. The Bertz CT molecular complexity index is 717. The smallest absolute Gasteiger partial charge is 0.262 e. The largest absolute Gasteiger partial charge is 0.508 e. The van der Waals surface area contributed by atoms with Gasteiger partial charge in [-0.05, 0) is 30.3 Å². The Hall–Kier alpha value is -1.92. The summed E-state index contributed by atoms with van der Waals surface area (Å²) in [4.78, 5) is 0.0347. The molecule has 0 heterocycles. The number of hydrogen-bond donors (Lipinski definition) is 3. The predicted molar refractivity (Wildman–Crippen MR) is 74.8 cm³/mol. The van der Waals surface area contributed by atoms with Gasteiger partial charge in [0.05, 0.1) is 16.3 Å². The number of sulfonamides is 1. The molecule has 100 valence electrons. The zero-order valence-corrected chi connectivity index (χ0v) is 11.2. The average Bonchev–Trinajstić information content (AvgIpc) is 2.33. The third-order valence-corrected chi connectivity index (χ3v) is 3.98. The fraction of sp³-hybridized carbons (Fsp3) is 0.